The molecule has 0 spiro atoms. The molecule has 2 aromatic rings. The number of nitro benzene ring substituents is 1. The van der Waals surface area contributed by atoms with Crippen molar-refractivity contribution in [3.05, 3.63) is 69.8 Å². The van der Waals surface area contributed by atoms with Gasteiger partial charge in [0.05, 0.1) is 38.2 Å². The number of amides is 1. The first kappa shape index (κ1) is 17.9. The molecule has 1 aliphatic heterocycles. The number of nitrogens with one attached hydrogen (secondary N) is 1. The van der Waals surface area contributed by atoms with Crippen LogP contribution in [0.2, 0.25) is 0 Å². The number of hydrogen-bond donors (Lipinski definition) is 1. The Hall–Kier alpha value is -2.93. The molecule has 1 saturated heterocycles. The van der Waals surface area contributed by atoms with Crippen LogP contribution in [0.1, 0.15) is 15.9 Å². The zero-order valence-electron chi connectivity index (χ0n) is 14.7. The quantitative estimate of drug-likeness (QED) is 0.644. The number of hydrogen-bond acceptors (Lipinski definition) is 4. The summed E-state index contributed by atoms with van der Waals surface area (Å²) in [4.78, 5) is 26.0. The molecule has 3 rings (SSSR count). The Kier molecular flexibility index (Phi) is 5.48. The minimum atomic E-state index is -0.464. The summed E-state index contributed by atoms with van der Waals surface area (Å²) < 4.78 is 5.40. The minimum Gasteiger partial charge on any atom is -0.496 e. The van der Waals surface area contributed by atoms with Gasteiger partial charge >= 0.3 is 0 Å². The summed E-state index contributed by atoms with van der Waals surface area (Å²) in [5.74, 6) is 0.820. The zero-order chi connectivity index (χ0) is 18.5. The van der Waals surface area contributed by atoms with E-state index < -0.39 is 4.92 Å². The number of carbonyl (C=O) groups excluding carboxylic acids is 1. The number of carbonyl (C=O) groups is 1. The van der Waals surface area contributed by atoms with Crippen LogP contribution in [0.3, 0.4) is 0 Å². The van der Waals surface area contributed by atoms with Gasteiger partial charge in [0.15, 0.2) is 0 Å². The number of para-hydroxylation sites is 1. The predicted octanol–water partition coefficient (Wildman–Crippen LogP) is 1.14. The van der Waals surface area contributed by atoms with Crippen molar-refractivity contribution in [1.29, 1.82) is 0 Å². The Labute approximate surface area is 151 Å². The van der Waals surface area contributed by atoms with Crippen LogP contribution in [0, 0.1) is 10.1 Å². The molecule has 1 heterocycles. The first-order valence-corrected chi connectivity index (χ1v) is 8.57. The van der Waals surface area contributed by atoms with Crippen LogP contribution in [0.15, 0.2) is 48.5 Å². The molecule has 2 aromatic carbocycles. The van der Waals surface area contributed by atoms with Gasteiger partial charge in [-0.25, -0.2) is 0 Å². The van der Waals surface area contributed by atoms with Gasteiger partial charge in [0.1, 0.15) is 12.3 Å². The summed E-state index contributed by atoms with van der Waals surface area (Å²) in [5, 5.41) is 10.7. The van der Waals surface area contributed by atoms with Crippen LogP contribution in [-0.4, -0.2) is 49.0 Å². The number of rotatable bonds is 5. The second-order valence-corrected chi connectivity index (χ2v) is 6.33. The highest BCUT2D eigenvalue weighted by Crippen LogP contribution is 2.16. The summed E-state index contributed by atoms with van der Waals surface area (Å²) in [6.45, 7) is 3.91. The van der Waals surface area contributed by atoms with Crippen LogP contribution < -0.4 is 9.64 Å². The molecule has 0 atom stereocenters. The fourth-order valence-corrected chi connectivity index (χ4v) is 3.23. The van der Waals surface area contributed by atoms with Crippen molar-refractivity contribution in [2.24, 2.45) is 0 Å². The third-order valence-corrected chi connectivity index (χ3v) is 4.72. The minimum absolute atomic E-state index is 0.00683. The highest BCUT2D eigenvalue weighted by Gasteiger charge is 2.25. The number of benzene rings is 2. The number of nitro groups is 1. The van der Waals surface area contributed by atoms with Crippen molar-refractivity contribution < 1.29 is 19.4 Å². The van der Waals surface area contributed by atoms with Gasteiger partial charge < -0.3 is 14.5 Å². The standard InChI is InChI=1S/C19H21N3O4/c1-26-18-5-3-2-4-16(18)14-20-10-12-21(13-11-20)19(23)15-6-8-17(9-7-15)22(24)25/h2-9H,10-14H2,1H3/p+1. The number of non-ortho nitro benzene ring substituents is 1. The molecule has 0 aromatic heterocycles. The number of quaternary nitrogens is 1. The lowest BCUT2D eigenvalue weighted by Gasteiger charge is -2.32. The Morgan fingerprint density at radius 2 is 1.81 bits per heavy atom. The van der Waals surface area contributed by atoms with Crippen molar-refractivity contribution in [3.8, 4) is 5.75 Å². The fraction of sp³-hybridized carbons (Fsp3) is 0.316. The van der Waals surface area contributed by atoms with E-state index in [-0.39, 0.29) is 11.6 Å². The highest BCUT2D eigenvalue weighted by atomic mass is 16.6. The zero-order valence-corrected chi connectivity index (χ0v) is 14.7. The van der Waals surface area contributed by atoms with Crippen LogP contribution in [0.25, 0.3) is 0 Å². The molecule has 7 nitrogen and oxygen atoms in total. The summed E-state index contributed by atoms with van der Waals surface area (Å²) in [5.41, 5.74) is 1.65. The number of ether oxygens (including phenoxy) is 1. The summed E-state index contributed by atoms with van der Waals surface area (Å²) >= 11 is 0. The van der Waals surface area contributed by atoms with Gasteiger partial charge in [0.25, 0.3) is 11.6 Å². The lowest BCUT2D eigenvalue weighted by Crippen LogP contribution is -3.13. The van der Waals surface area contributed by atoms with E-state index in [1.165, 1.54) is 34.7 Å². The van der Waals surface area contributed by atoms with Gasteiger partial charge in [-0.15, -0.1) is 0 Å². The smallest absolute Gasteiger partial charge is 0.269 e. The van der Waals surface area contributed by atoms with E-state index in [1.807, 2.05) is 23.1 Å². The Morgan fingerprint density at radius 1 is 1.15 bits per heavy atom. The van der Waals surface area contributed by atoms with Crippen LogP contribution in [0.5, 0.6) is 5.75 Å². The van der Waals surface area contributed by atoms with E-state index in [9.17, 15) is 14.9 Å². The van der Waals surface area contributed by atoms with Gasteiger partial charge in [-0.3, -0.25) is 14.9 Å². The average Bonchev–Trinajstić information content (AvgIpc) is 2.68. The molecule has 26 heavy (non-hydrogen) atoms. The summed E-state index contributed by atoms with van der Waals surface area (Å²) in [6, 6.07) is 13.8. The Balaban J connectivity index is 1.57. The molecule has 0 unspecified atom stereocenters. The number of nitrogens with zero attached hydrogens (tertiary/aromatic N) is 2. The van der Waals surface area contributed by atoms with Crippen molar-refractivity contribution in [1.82, 2.24) is 4.90 Å². The highest BCUT2D eigenvalue weighted by molar-refractivity contribution is 5.94. The Bertz CT molecular complexity index is 784. The molecular formula is C19H22N3O4+. The predicted molar refractivity (Wildman–Crippen MR) is 96.4 cm³/mol. The molecule has 1 aliphatic rings. The van der Waals surface area contributed by atoms with Gasteiger partial charge in [0.2, 0.25) is 0 Å². The molecule has 0 radical (unpaired) electrons. The van der Waals surface area contributed by atoms with Gasteiger partial charge in [0, 0.05) is 23.3 Å². The first-order valence-electron chi connectivity index (χ1n) is 8.57. The van der Waals surface area contributed by atoms with Crippen LogP contribution in [0.4, 0.5) is 5.69 Å². The topological polar surface area (TPSA) is 77.1 Å². The van der Waals surface area contributed by atoms with Crippen molar-refractivity contribution in [3.63, 3.8) is 0 Å². The maximum Gasteiger partial charge on any atom is 0.269 e. The summed E-state index contributed by atoms with van der Waals surface area (Å²) in [7, 11) is 1.68. The van der Waals surface area contributed by atoms with Gasteiger partial charge in [-0.1, -0.05) is 12.1 Å². The monoisotopic (exact) mass is 356 g/mol. The number of piperazine rings is 1. The molecule has 7 heteroatoms. The van der Waals surface area contributed by atoms with E-state index in [1.54, 1.807) is 7.11 Å². The fourth-order valence-electron chi connectivity index (χ4n) is 3.23. The molecular weight excluding hydrogens is 334 g/mol. The largest absolute Gasteiger partial charge is 0.496 e. The Morgan fingerprint density at radius 3 is 2.42 bits per heavy atom. The van der Waals surface area contributed by atoms with Gasteiger partial charge in [-0.05, 0) is 24.3 Å². The second-order valence-electron chi connectivity index (χ2n) is 6.33. The van der Waals surface area contributed by atoms with Crippen LogP contribution >= 0.6 is 0 Å². The molecule has 0 bridgehead atoms. The molecule has 1 amide bonds. The second kappa shape index (κ2) is 7.97. The van der Waals surface area contributed by atoms with E-state index in [0.29, 0.717) is 18.7 Å². The third-order valence-electron chi connectivity index (χ3n) is 4.72. The van der Waals surface area contributed by atoms with E-state index in [2.05, 4.69) is 6.07 Å². The van der Waals surface area contributed by atoms with Crippen molar-refractivity contribution in [2.75, 3.05) is 33.3 Å². The lowest BCUT2D eigenvalue weighted by atomic mass is 10.1. The summed E-state index contributed by atoms with van der Waals surface area (Å²) in [6.07, 6.45) is 0. The maximum atomic E-state index is 12.6. The molecule has 1 fully saturated rings. The van der Waals surface area contributed by atoms with Crippen molar-refractivity contribution >= 4 is 11.6 Å². The maximum absolute atomic E-state index is 12.6. The third kappa shape index (κ3) is 4.00. The molecule has 0 aliphatic carbocycles. The SMILES string of the molecule is COc1ccccc1C[NH+]1CCN(C(=O)c2ccc([N+](=O)[O-])cc2)CC1. The van der Waals surface area contributed by atoms with E-state index in [0.717, 1.165) is 25.4 Å². The van der Waals surface area contributed by atoms with Gasteiger partial charge in [-0.2, -0.15) is 0 Å². The average molecular weight is 356 g/mol. The van der Waals surface area contributed by atoms with E-state index >= 15 is 0 Å². The molecule has 0 saturated carbocycles. The number of methoxy groups -OCH3 is 1. The normalized spacial score (nSPS) is 14.9. The molecule has 136 valence electrons. The molecule has 1 N–H and O–H groups in total. The van der Waals surface area contributed by atoms with Crippen LogP contribution in [-0.2, 0) is 6.54 Å². The van der Waals surface area contributed by atoms with Crippen molar-refractivity contribution in [2.45, 2.75) is 6.54 Å². The lowest BCUT2D eigenvalue weighted by molar-refractivity contribution is -0.917. The van der Waals surface area contributed by atoms with E-state index in [4.69, 9.17) is 4.74 Å². The first-order chi connectivity index (χ1) is 12.6.